The number of pyridine rings is 1. The molecule has 2 saturated heterocycles. The van der Waals surface area contributed by atoms with Gasteiger partial charge in [-0.15, -0.1) is 0 Å². The summed E-state index contributed by atoms with van der Waals surface area (Å²) in [5.74, 6) is 0.0286. The quantitative estimate of drug-likeness (QED) is 0.795. The molecule has 1 aromatic heterocycles. The number of nitrogens with zero attached hydrogens (tertiary/aromatic N) is 3. The van der Waals surface area contributed by atoms with Crippen LogP contribution in [0.4, 0.5) is 0 Å². The van der Waals surface area contributed by atoms with Crippen molar-refractivity contribution in [3.8, 4) is 0 Å². The van der Waals surface area contributed by atoms with Crippen molar-refractivity contribution in [3.05, 3.63) is 34.2 Å². The van der Waals surface area contributed by atoms with Crippen molar-refractivity contribution in [2.24, 2.45) is 12.5 Å². The van der Waals surface area contributed by atoms with Crippen LogP contribution in [0.5, 0.6) is 0 Å². The molecule has 0 N–H and O–H groups in total. The molecule has 136 valence electrons. The molecule has 2 amide bonds. The van der Waals surface area contributed by atoms with Crippen LogP contribution in [-0.4, -0.2) is 66.1 Å². The minimum atomic E-state index is -0.456. The van der Waals surface area contributed by atoms with Crippen molar-refractivity contribution in [1.82, 2.24) is 14.4 Å². The minimum absolute atomic E-state index is 0.116. The van der Waals surface area contributed by atoms with Crippen LogP contribution in [0.1, 0.15) is 29.6 Å². The fourth-order valence-corrected chi connectivity index (χ4v) is 3.89. The van der Waals surface area contributed by atoms with E-state index >= 15 is 0 Å². The molecule has 0 bridgehead atoms. The number of hydrogen-bond acceptors (Lipinski definition) is 4. The van der Waals surface area contributed by atoms with E-state index in [0.29, 0.717) is 38.2 Å². The number of amides is 2. The smallest absolute Gasteiger partial charge is 0.255 e. The van der Waals surface area contributed by atoms with E-state index in [1.165, 1.54) is 10.6 Å². The molecule has 3 heterocycles. The first kappa shape index (κ1) is 17.7. The minimum Gasteiger partial charge on any atom is -0.383 e. The third kappa shape index (κ3) is 3.33. The maximum absolute atomic E-state index is 12.9. The molecule has 1 unspecified atom stereocenters. The van der Waals surface area contributed by atoms with Crippen molar-refractivity contribution in [3.63, 3.8) is 0 Å². The second kappa shape index (κ2) is 7.00. The van der Waals surface area contributed by atoms with E-state index in [-0.39, 0.29) is 17.4 Å². The zero-order chi connectivity index (χ0) is 18.0. The Hall–Kier alpha value is -2.15. The SMILES string of the molecule is COCCN1CCCC2(CCN(C(=O)c3ccc(=O)n(C)c3)C2)C1=O. The molecule has 1 atom stereocenters. The summed E-state index contributed by atoms with van der Waals surface area (Å²) < 4.78 is 6.50. The van der Waals surface area contributed by atoms with Gasteiger partial charge >= 0.3 is 0 Å². The van der Waals surface area contributed by atoms with Crippen LogP contribution >= 0.6 is 0 Å². The maximum atomic E-state index is 12.9. The summed E-state index contributed by atoms with van der Waals surface area (Å²) in [7, 11) is 3.26. The molecule has 25 heavy (non-hydrogen) atoms. The number of piperidine rings is 1. The highest BCUT2D eigenvalue weighted by molar-refractivity contribution is 5.95. The van der Waals surface area contributed by atoms with E-state index < -0.39 is 5.41 Å². The molecule has 2 aliphatic heterocycles. The van der Waals surface area contributed by atoms with Gasteiger partial charge in [0, 0.05) is 52.6 Å². The summed E-state index contributed by atoms with van der Waals surface area (Å²) in [6.07, 6.45) is 4.04. The lowest BCUT2D eigenvalue weighted by atomic mass is 9.78. The molecular formula is C18H25N3O4. The van der Waals surface area contributed by atoms with E-state index in [0.717, 1.165) is 19.4 Å². The van der Waals surface area contributed by atoms with Crippen LogP contribution in [0.15, 0.2) is 23.1 Å². The highest BCUT2D eigenvalue weighted by atomic mass is 16.5. The van der Waals surface area contributed by atoms with Crippen LogP contribution in [0.3, 0.4) is 0 Å². The van der Waals surface area contributed by atoms with Gasteiger partial charge in [-0.25, -0.2) is 0 Å². The van der Waals surface area contributed by atoms with Crippen LogP contribution in [0.25, 0.3) is 0 Å². The van der Waals surface area contributed by atoms with Gasteiger partial charge in [0.1, 0.15) is 0 Å². The number of ether oxygens (including phenoxy) is 1. The lowest BCUT2D eigenvalue weighted by Crippen LogP contribution is -2.51. The zero-order valence-corrected chi connectivity index (χ0v) is 14.9. The van der Waals surface area contributed by atoms with Crippen molar-refractivity contribution in [2.45, 2.75) is 19.3 Å². The van der Waals surface area contributed by atoms with Crippen LogP contribution < -0.4 is 5.56 Å². The summed E-state index contributed by atoms with van der Waals surface area (Å²) in [6, 6.07) is 2.96. The lowest BCUT2D eigenvalue weighted by molar-refractivity contribution is -0.146. The number of carbonyl (C=O) groups is 2. The predicted octanol–water partition coefficient (Wildman–Crippen LogP) is 0.486. The average Bonchev–Trinajstić information content (AvgIpc) is 3.03. The molecule has 2 aliphatic rings. The average molecular weight is 347 g/mol. The van der Waals surface area contributed by atoms with Crippen molar-refractivity contribution in [2.75, 3.05) is 39.9 Å². The Morgan fingerprint density at radius 1 is 1.24 bits per heavy atom. The third-order valence-corrected chi connectivity index (χ3v) is 5.36. The Kier molecular flexibility index (Phi) is 4.94. The molecule has 7 heteroatoms. The van der Waals surface area contributed by atoms with Crippen molar-refractivity contribution in [1.29, 1.82) is 0 Å². The van der Waals surface area contributed by atoms with Crippen molar-refractivity contribution >= 4 is 11.8 Å². The Morgan fingerprint density at radius 3 is 2.76 bits per heavy atom. The fourth-order valence-electron chi connectivity index (χ4n) is 3.89. The Bertz CT molecular complexity index is 729. The summed E-state index contributed by atoms with van der Waals surface area (Å²) >= 11 is 0. The van der Waals surface area contributed by atoms with Gasteiger partial charge in [-0.2, -0.15) is 0 Å². The van der Waals surface area contributed by atoms with Gasteiger partial charge in [0.15, 0.2) is 0 Å². The normalized spacial score (nSPS) is 23.5. The Morgan fingerprint density at radius 2 is 2.04 bits per heavy atom. The number of carbonyl (C=O) groups excluding carboxylic acids is 2. The lowest BCUT2D eigenvalue weighted by Gasteiger charge is -2.39. The van der Waals surface area contributed by atoms with E-state index in [1.807, 2.05) is 4.90 Å². The second-order valence-electron chi connectivity index (χ2n) is 7.01. The Labute approximate surface area is 147 Å². The molecule has 1 aromatic rings. The number of aryl methyl sites for hydroxylation is 1. The first-order chi connectivity index (χ1) is 12.0. The maximum Gasteiger partial charge on any atom is 0.255 e. The van der Waals surface area contributed by atoms with E-state index in [2.05, 4.69) is 0 Å². The predicted molar refractivity (Wildman–Crippen MR) is 92.3 cm³/mol. The summed E-state index contributed by atoms with van der Waals surface area (Å²) in [4.78, 5) is 40.8. The molecule has 3 rings (SSSR count). The van der Waals surface area contributed by atoms with Gasteiger partial charge in [0.25, 0.3) is 5.91 Å². The van der Waals surface area contributed by atoms with E-state index in [9.17, 15) is 14.4 Å². The highest BCUT2D eigenvalue weighted by Crippen LogP contribution is 2.40. The fraction of sp³-hybridized carbons (Fsp3) is 0.611. The molecule has 7 nitrogen and oxygen atoms in total. The van der Waals surface area contributed by atoms with E-state index in [4.69, 9.17) is 4.74 Å². The van der Waals surface area contributed by atoms with Crippen LogP contribution in [0, 0.1) is 5.41 Å². The molecule has 0 radical (unpaired) electrons. The standard InChI is InChI=1S/C18H25N3O4/c1-19-12-14(4-5-15(19)22)16(23)21-9-7-18(13-21)6-3-8-20(17(18)24)10-11-25-2/h4-5,12H,3,6-11,13H2,1-2H3. The molecular weight excluding hydrogens is 322 g/mol. The largest absolute Gasteiger partial charge is 0.383 e. The number of methoxy groups -OCH3 is 1. The topological polar surface area (TPSA) is 71.8 Å². The number of likely N-dealkylation sites (tertiary alicyclic amines) is 2. The summed E-state index contributed by atoms with van der Waals surface area (Å²) in [6.45, 7) is 2.93. The molecule has 0 aliphatic carbocycles. The number of aromatic nitrogens is 1. The van der Waals surface area contributed by atoms with Gasteiger partial charge in [0.05, 0.1) is 17.6 Å². The molecule has 2 fully saturated rings. The number of rotatable bonds is 4. The molecule has 0 saturated carbocycles. The zero-order valence-electron chi connectivity index (χ0n) is 14.9. The first-order valence-corrected chi connectivity index (χ1v) is 8.71. The molecule has 0 aromatic carbocycles. The van der Waals surface area contributed by atoms with Crippen LogP contribution in [-0.2, 0) is 16.6 Å². The van der Waals surface area contributed by atoms with Gasteiger partial charge in [-0.05, 0) is 25.3 Å². The number of hydrogen-bond donors (Lipinski definition) is 0. The monoisotopic (exact) mass is 347 g/mol. The van der Waals surface area contributed by atoms with Gasteiger partial charge in [-0.3, -0.25) is 14.4 Å². The summed E-state index contributed by atoms with van der Waals surface area (Å²) in [5, 5.41) is 0. The molecule has 1 spiro atoms. The Balaban J connectivity index is 1.73. The van der Waals surface area contributed by atoms with Gasteiger partial charge in [-0.1, -0.05) is 0 Å². The van der Waals surface area contributed by atoms with Crippen LogP contribution in [0.2, 0.25) is 0 Å². The van der Waals surface area contributed by atoms with Crippen molar-refractivity contribution < 1.29 is 14.3 Å². The second-order valence-corrected chi connectivity index (χ2v) is 7.01. The van der Waals surface area contributed by atoms with E-state index in [1.54, 1.807) is 31.3 Å². The van der Waals surface area contributed by atoms with Gasteiger partial charge in [0.2, 0.25) is 11.5 Å². The van der Waals surface area contributed by atoms with Gasteiger partial charge < -0.3 is 19.1 Å². The highest BCUT2D eigenvalue weighted by Gasteiger charge is 2.49. The first-order valence-electron chi connectivity index (χ1n) is 8.71. The summed E-state index contributed by atoms with van der Waals surface area (Å²) in [5.41, 5.74) is -0.119. The third-order valence-electron chi connectivity index (χ3n) is 5.36.